The molecule has 0 aromatic heterocycles. The summed E-state index contributed by atoms with van der Waals surface area (Å²) in [6, 6.07) is 21.2. The standard InChI is InChI=1S/C18H14ClNO/c19-12-13-5-3-8-15(11-13)18(21)20-17-10-4-7-14-6-1-2-9-16(14)17/h1-11H,12H2,(H,20,21). The van der Waals surface area contributed by atoms with E-state index in [-0.39, 0.29) is 5.91 Å². The van der Waals surface area contributed by atoms with Crippen molar-refractivity contribution >= 4 is 34.0 Å². The first-order valence-corrected chi connectivity index (χ1v) is 7.25. The Bertz CT molecular complexity index is 793. The molecule has 0 fully saturated rings. The van der Waals surface area contributed by atoms with Crippen LogP contribution < -0.4 is 5.32 Å². The molecule has 0 bridgehead atoms. The van der Waals surface area contributed by atoms with Crippen LogP contribution in [-0.4, -0.2) is 5.91 Å². The zero-order valence-corrected chi connectivity index (χ0v) is 12.1. The lowest BCUT2D eigenvalue weighted by Gasteiger charge is -2.09. The molecule has 0 saturated heterocycles. The summed E-state index contributed by atoms with van der Waals surface area (Å²) in [5.74, 6) is 0.272. The van der Waals surface area contributed by atoms with Gasteiger partial charge in [-0.2, -0.15) is 0 Å². The number of rotatable bonds is 3. The van der Waals surface area contributed by atoms with Crippen LogP contribution in [-0.2, 0) is 5.88 Å². The van der Waals surface area contributed by atoms with Crippen LogP contribution in [0.2, 0.25) is 0 Å². The quantitative estimate of drug-likeness (QED) is 0.689. The van der Waals surface area contributed by atoms with Gasteiger partial charge in [0, 0.05) is 22.5 Å². The lowest BCUT2D eigenvalue weighted by molar-refractivity contribution is 0.102. The molecule has 0 spiro atoms. The smallest absolute Gasteiger partial charge is 0.255 e. The van der Waals surface area contributed by atoms with Gasteiger partial charge in [-0.3, -0.25) is 4.79 Å². The average molecular weight is 296 g/mol. The summed E-state index contributed by atoms with van der Waals surface area (Å²) >= 11 is 5.81. The lowest BCUT2D eigenvalue weighted by Crippen LogP contribution is -2.12. The molecule has 3 aromatic carbocycles. The number of amides is 1. The Kier molecular flexibility index (Phi) is 3.89. The summed E-state index contributed by atoms with van der Waals surface area (Å²) in [5.41, 5.74) is 2.36. The van der Waals surface area contributed by atoms with E-state index in [0.717, 1.165) is 22.0 Å². The molecule has 0 aliphatic heterocycles. The molecule has 104 valence electrons. The summed E-state index contributed by atoms with van der Waals surface area (Å²) in [6.45, 7) is 0. The van der Waals surface area contributed by atoms with Crippen molar-refractivity contribution in [3.8, 4) is 0 Å². The van der Waals surface area contributed by atoms with Crippen LogP contribution in [0.15, 0.2) is 66.7 Å². The summed E-state index contributed by atoms with van der Waals surface area (Å²) < 4.78 is 0. The first kappa shape index (κ1) is 13.7. The number of halogens is 1. The molecule has 3 rings (SSSR count). The zero-order chi connectivity index (χ0) is 14.7. The molecular formula is C18H14ClNO. The minimum absolute atomic E-state index is 0.127. The molecule has 0 radical (unpaired) electrons. The number of hydrogen-bond donors (Lipinski definition) is 1. The van der Waals surface area contributed by atoms with Gasteiger partial charge >= 0.3 is 0 Å². The Balaban J connectivity index is 1.93. The Morgan fingerprint density at radius 3 is 2.57 bits per heavy atom. The van der Waals surface area contributed by atoms with Crippen molar-refractivity contribution in [3.05, 3.63) is 77.9 Å². The van der Waals surface area contributed by atoms with E-state index in [1.165, 1.54) is 0 Å². The van der Waals surface area contributed by atoms with Gasteiger partial charge in [0.2, 0.25) is 0 Å². The lowest BCUT2D eigenvalue weighted by atomic mass is 10.1. The van der Waals surface area contributed by atoms with Gasteiger partial charge in [-0.05, 0) is 29.1 Å². The summed E-state index contributed by atoms with van der Waals surface area (Å²) in [5, 5.41) is 5.10. The number of anilines is 1. The topological polar surface area (TPSA) is 29.1 Å². The van der Waals surface area contributed by atoms with Crippen LogP contribution in [0.3, 0.4) is 0 Å². The fourth-order valence-corrected chi connectivity index (χ4v) is 2.49. The van der Waals surface area contributed by atoms with Gasteiger partial charge in [-0.1, -0.05) is 48.5 Å². The van der Waals surface area contributed by atoms with Gasteiger partial charge in [0.25, 0.3) is 5.91 Å². The summed E-state index contributed by atoms with van der Waals surface area (Å²) in [4.78, 5) is 12.4. The van der Waals surface area contributed by atoms with Crippen molar-refractivity contribution in [2.75, 3.05) is 5.32 Å². The fourth-order valence-electron chi connectivity index (χ4n) is 2.32. The number of fused-ring (bicyclic) bond motifs is 1. The van der Waals surface area contributed by atoms with Crippen LogP contribution in [0.25, 0.3) is 10.8 Å². The maximum absolute atomic E-state index is 12.4. The Hall–Kier alpha value is -2.32. The Morgan fingerprint density at radius 1 is 0.952 bits per heavy atom. The van der Waals surface area contributed by atoms with Gasteiger partial charge in [-0.25, -0.2) is 0 Å². The second kappa shape index (κ2) is 5.98. The van der Waals surface area contributed by atoms with E-state index in [0.29, 0.717) is 11.4 Å². The molecule has 3 aromatic rings. The number of alkyl halides is 1. The molecule has 0 aliphatic carbocycles. The molecule has 0 saturated carbocycles. The SMILES string of the molecule is O=C(Nc1cccc2ccccc12)c1cccc(CCl)c1. The van der Waals surface area contributed by atoms with Gasteiger partial charge in [0.05, 0.1) is 0 Å². The third-order valence-corrected chi connectivity index (χ3v) is 3.69. The maximum atomic E-state index is 12.4. The van der Waals surface area contributed by atoms with E-state index in [9.17, 15) is 4.79 Å². The predicted molar refractivity (Wildman–Crippen MR) is 87.9 cm³/mol. The molecule has 3 heteroatoms. The van der Waals surface area contributed by atoms with E-state index in [2.05, 4.69) is 5.32 Å². The van der Waals surface area contributed by atoms with Crippen molar-refractivity contribution in [1.29, 1.82) is 0 Å². The minimum Gasteiger partial charge on any atom is -0.321 e. The predicted octanol–water partition coefficient (Wildman–Crippen LogP) is 4.83. The Labute approximate surface area is 128 Å². The highest BCUT2D eigenvalue weighted by Gasteiger charge is 2.08. The van der Waals surface area contributed by atoms with Crippen molar-refractivity contribution in [2.45, 2.75) is 5.88 Å². The summed E-state index contributed by atoms with van der Waals surface area (Å²) in [7, 11) is 0. The normalized spacial score (nSPS) is 10.5. The number of carbonyl (C=O) groups excluding carboxylic acids is 1. The third kappa shape index (κ3) is 2.91. The van der Waals surface area contributed by atoms with E-state index < -0.39 is 0 Å². The Morgan fingerprint density at radius 2 is 1.71 bits per heavy atom. The second-order valence-corrected chi connectivity index (χ2v) is 5.08. The van der Waals surface area contributed by atoms with Crippen LogP contribution in [0.5, 0.6) is 0 Å². The van der Waals surface area contributed by atoms with E-state index in [1.807, 2.05) is 60.7 Å². The van der Waals surface area contributed by atoms with E-state index in [4.69, 9.17) is 11.6 Å². The van der Waals surface area contributed by atoms with Gasteiger partial charge in [0.1, 0.15) is 0 Å². The van der Waals surface area contributed by atoms with E-state index in [1.54, 1.807) is 6.07 Å². The zero-order valence-electron chi connectivity index (χ0n) is 11.3. The van der Waals surface area contributed by atoms with Crippen molar-refractivity contribution in [2.24, 2.45) is 0 Å². The van der Waals surface area contributed by atoms with Crippen LogP contribution >= 0.6 is 11.6 Å². The molecule has 0 heterocycles. The maximum Gasteiger partial charge on any atom is 0.255 e. The molecule has 1 N–H and O–H groups in total. The fraction of sp³-hybridized carbons (Fsp3) is 0.0556. The monoisotopic (exact) mass is 295 g/mol. The second-order valence-electron chi connectivity index (χ2n) is 4.81. The van der Waals surface area contributed by atoms with Crippen molar-refractivity contribution in [1.82, 2.24) is 0 Å². The number of hydrogen-bond acceptors (Lipinski definition) is 1. The van der Waals surface area contributed by atoms with Crippen LogP contribution in [0.1, 0.15) is 15.9 Å². The minimum atomic E-state index is -0.127. The van der Waals surface area contributed by atoms with Gasteiger partial charge in [0.15, 0.2) is 0 Å². The van der Waals surface area contributed by atoms with Crippen molar-refractivity contribution < 1.29 is 4.79 Å². The third-order valence-electron chi connectivity index (χ3n) is 3.38. The number of carbonyl (C=O) groups is 1. The highest BCUT2D eigenvalue weighted by atomic mass is 35.5. The molecule has 1 amide bonds. The molecule has 2 nitrogen and oxygen atoms in total. The van der Waals surface area contributed by atoms with Crippen LogP contribution in [0.4, 0.5) is 5.69 Å². The first-order chi connectivity index (χ1) is 10.3. The number of nitrogens with one attached hydrogen (secondary N) is 1. The first-order valence-electron chi connectivity index (χ1n) is 6.72. The number of benzene rings is 3. The van der Waals surface area contributed by atoms with Gasteiger partial charge < -0.3 is 5.32 Å². The van der Waals surface area contributed by atoms with Crippen molar-refractivity contribution in [3.63, 3.8) is 0 Å². The average Bonchev–Trinajstić information content (AvgIpc) is 2.55. The highest BCUT2D eigenvalue weighted by Crippen LogP contribution is 2.23. The molecular weight excluding hydrogens is 282 g/mol. The van der Waals surface area contributed by atoms with Crippen LogP contribution in [0, 0.1) is 0 Å². The molecule has 0 atom stereocenters. The summed E-state index contributed by atoms with van der Waals surface area (Å²) in [6.07, 6.45) is 0. The highest BCUT2D eigenvalue weighted by molar-refractivity contribution is 6.17. The van der Waals surface area contributed by atoms with Gasteiger partial charge in [-0.15, -0.1) is 11.6 Å². The largest absolute Gasteiger partial charge is 0.321 e. The molecule has 0 unspecified atom stereocenters. The van der Waals surface area contributed by atoms with E-state index >= 15 is 0 Å². The molecule has 0 aliphatic rings. The molecule has 21 heavy (non-hydrogen) atoms.